The number of benzene rings is 1. The van der Waals surface area contributed by atoms with E-state index in [1.807, 2.05) is 41.8 Å². The van der Waals surface area contributed by atoms with Gasteiger partial charge in [-0.05, 0) is 34.7 Å². The van der Waals surface area contributed by atoms with Crippen molar-refractivity contribution in [3.63, 3.8) is 0 Å². The molecule has 0 amide bonds. The van der Waals surface area contributed by atoms with Crippen LogP contribution in [-0.4, -0.2) is 18.1 Å². The molecule has 7 heteroatoms. The molecule has 25 heavy (non-hydrogen) atoms. The SMILES string of the molecule is C#Cc1cc/c(=N/N=C/c2ccc(-c3cccs3)cc2)n(B(F)F)c1. The summed E-state index contributed by atoms with van der Waals surface area (Å²) in [6, 6.07) is 14.8. The van der Waals surface area contributed by atoms with Crippen molar-refractivity contribution < 1.29 is 8.63 Å². The Morgan fingerprint density at radius 1 is 1.12 bits per heavy atom. The summed E-state index contributed by atoms with van der Waals surface area (Å²) in [4.78, 5) is 1.18. The van der Waals surface area contributed by atoms with Crippen LogP contribution in [-0.2, 0) is 0 Å². The highest BCUT2D eigenvalue weighted by atomic mass is 32.1. The van der Waals surface area contributed by atoms with E-state index >= 15 is 0 Å². The molecule has 0 aliphatic rings. The zero-order chi connectivity index (χ0) is 17.6. The first-order valence-electron chi connectivity index (χ1n) is 7.35. The smallest absolute Gasteiger partial charge is 0.314 e. The van der Waals surface area contributed by atoms with Gasteiger partial charge >= 0.3 is 7.40 Å². The zero-order valence-electron chi connectivity index (χ0n) is 13.0. The van der Waals surface area contributed by atoms with Gasteiger partial charge in [-0.3, -0.25) is 8.63 Å². The Kier molecular flexibility index (Phi) is 5.22. The molecule has 3 nitrogen and oxygen atoms in total. The lowest BCUT2D eigenvalue weighted by molar-refractivity contribution is 0.618. The average Bonchev–Trinajstić information content (AvgIpc) is 3.17. The second-order valence-corrected chi connectivity index (χ2v) is 6.00. The van der Waals surface area contributed by atoms with Crippen LogP contribution in [0.3, 0.4) is 0 Å². The van der Waals surface area contributed by atoms with Gasteiger partial charge in [0.15, 0.2) is 0 Å². The number of nitrogens with zero attached hydrogens (tertiary/aromatic N) is 3. The molecular formula is C18H12BF2N3S. The van der Waals surface area contributed by atoms with Crippen molar-refractivity contribution in [3.8, 4) is 22.8 Å². The van der Waals surface area contributed by atoms with E-state index in [1.165, 1.54) is 23.4 Å². The zero-order valence-corrected chi connectivity index (χ0v) is 13.8. The molecule has 122 valence electrons. The van der Waals surface area contributed by atoms with Gasteiger partial charge in [0.05, 0.1) is 6.21 Å². The van der Waals surface area contributed by atoms with Gasteiger partial charge in [-0.2, -0.15) is 5.10 Å². The Labute approximate surface area is 148 Å². The van der Waals surface area contributed by atoms with E-state index < -0.39 is 7.40 Å². The Bertz CT molecular complexity index is 984. The second kappa shape index (κ2) is 7.73. The van der Waals surface area contributed by atoms with Crippen LogP contribution in [0, 0.1) is 12.3 Å². The van der Waals surface area contributed by atoms with Crippen molar-refractivity contribution in [3.05, 3.63) is 76.7 Å². The minimum absolute atomic E-state index is 0.0282. The van der Waals surface area contributed by atoms with Gasteiger partial charge in [-0.25, -0.2) is 0 Å². The van der Waals surface area contributed by atoms with Gasteiger partial charge in [0, 0.05) is 16.6 Å². The van der Waals surface area contributed by atoms with E-state index in [1.54, 1.807) is 17.4 Å². The summed E-state index contributed by atoms with van der Waals surface area (Å²) in [5, 5.41) is 9.78. The predicted octanol–water partition coefficient (Wildman–Crippen LogP) is 3.90. The first-order chi connectivity index (χ1) is 12.2. The number of thiophene rings is 1. The Hall–Kier alpha value is -2.98. The molecule has 0 bridgehead atoms. The summed E-state index contributed by atoms with van der Waals surface area (Å²) in [7, 11) is -2.74. The van der Waals surface area contributed by atoms with Gasteiger partial charge in [0.25, 0.3) is 0 Å². The third-order valence-electron chi connectivity index (χ3n) is 3.41. The fourth-order valence-electron chi connectivity index (χ4n) is 2.17. The molecule has 0 N–H and O–H groups in total. The molecule has 3 aromatic rings. The molecule has 1 aromatic carbocycles. The third kappa shape index (κ3) is 4.11. The Balaban J connectivity index is 1.83. The molecule has 0 saturated heterocycles. The molecule has 3 rings (SSSR count). The van der Waals surface area contributed by atoms with E-state index in [2.05, 4.69) is 16.1 Å². The van der Waals surface area contributed by atoms with Crippen LogP contribution in [0.4, 0.5) is 8.63 Å². The molecule has 0 saturated carbocycles. The van der Waals surface area contributed by atoms with Crippen LogP contribution in [0.5, 0.6) is 0 Å². The molecule has 2 aromatic heterocycles. The minimum atomic E-state index is -2.74. The molecule has 2 heterocycles. The lowest BCUT2D eigenvalue weighted by Gasteiger charge is -2.02. The van der Waals surface area contributed by atoms with Crippen LogP contribution < -0.4 is 5.49 Å². The average molecular weight is 351 g/mol. The number of hydrogen-bond acceptors (Lipinski definition) is 3. The first-order valence-corrected chi connectivity index (χ1v) is 8.23. The summed E-state index contributed by atoms with van der Waals surface area (Å²) >= 11 is 1.66. The Morgan fingerprint density at radius 3 is 2.56 bits per heavy atom. The van der Waals surface area contributed by atoms with E-state index in [-0.39, 0.29) is 5.49 Å². The van der Waals surface area contributed by atoms with Crippen molar-refractivity contribution in [1.82, 2.24) is 4.48 Å². The lowest BCUT2D eigenvalue weighted by atomic mass is 10.1. The summed E-state index contributed by atoms with van der Waals surface area (Å²) in [6.45, 7) is 0. The predicted molar refractivity (Wildman–Crippen MR) is 98.6 cm³/mol. The quantitative estimate of drug-likeness (QED) is 0.295. The maximum absolute atomic E-state index is 13.1. The highest BCUT2D eigenvalue weighted by molar-refractivity contribution is 7.13. The third-order valence-corrected chi connectivity index (χ3v) is 4.33. The van der Waals surface area contributed by atoms with Gasteiger partial charge in [-0.1, -0.05) is 36.3 Å². The van der Waals surface area contributed by atoms with Crippen LogP contribution in [0.1, 0.15) is 11.1 Å². The molecule has 0 aliphatic carbocycles. The largest absolute Gasteiger partial charge is 0.678 e. The Morgan fingerprint density at radius 2 is 1.92 bits per heavy atom. The van der Waals surface area contributed by atoms with Crippen molar-refractivity contribution in [2.45, 2.75) is 0 Å². The summed E-state index contributed by atoms with van der Waals surface area (Å²) in [6.07, 6.45) is 7.92. The first kappa shape index (κ1) is 16.9. The van der Waals surface area contributed by atoms with Crippen LogP contribution in [0.2, 0.25) is 0 Å². The summed E-state index contributed by atoms with van der Waals surface area (Å²) < 4.78 is 26.8. The fourth-order valence-corrected chi connectivity index (χ4v) is 2.90. The topological polar surface area (TPSA) is 29.6 Å². The van der Waals surface area contributed by atoms with Crippen LogP contribution >= 0.6 is 11.3 Å². The highest BCUT2D eigenvalue weighted by Gasteiger charge is 2.17. The van der Waals surface area contributed by atoms with Crippen LogP contribution in [0.25, 0.3) is 10.4 Å². The van der Waals surface area contributed by atoms with Crippen molar-refractivity contribution in [2.75, 3.05) is 0 Å². The second-order valence-electron chi connectivity index (χ2n) is 5.05. The molecule has 0 fully saturated rings. The fraction of sp³-hybridized carbons (Fsp3) is 0. The van der Waals surface area contributed by atoms with E-state index in [9.17, 15) is 8.63 Å². The molecule has 0 aliphatic heterocycles. The molecular weight excluding hydrogens is 339 g/mol. The van der Waals surface area contributed by atoms with Gasteiger partial charge in [-0.15, -0.1) is 22.9 Å². The van der Waals surface area contributed by atoms with Crippen molar-refractivity contribution >= 4 is 25.0 Å². The number of rotatable bonds is 4. The lowest BCUT2D eigenvalue weighted by Crippen LogP contribution is -2.28. The monoisotopic (exact) mass is 351 g/mol. The molecule has 0 radical (unpaired) electrons. The standard InChI is InChI=1S/C18H12BF2N3S/c1-2-14-7-10-18(24(13-14)19(20)21)23-22-12-15-5-8-16(9-6-15)17-4-3-11-25-17/h1,3-13H/b22-12+,23-18-. The summed E-state index contributed by atoms with van der Waals surface area (Å²) in [5.74, 6) is 2.31. The van der Waals surface area contributed by atoms with Gasteiger partial charge in [0.1, 0.15) is 5.49 Å². The van der Waals surface area contributed by atoms with E-state index in [4.69, 9.17) is 6.42 Å². The van der Waals surface area contributed by atoms with Crippen molar-refractivity contribution in [2.24, 2.45) is 10.2 Å². The van der Waals surface area contributed by atoms with Gasteiger partial charge < -0.3 is 4.48 Å². The number of pyridine rings is 1. The molecule has 0 unspecified atom stereocenters. The minimum Gasteiger partial charge on any atom is -0.314 e. The molecule has 0 atom stereocenters. The maximum Gasteiger partial charge on any atom is 0.678 e. The number of hydrogen-bond donors (Lipinski definition) is 0. The van der Waals surface area contributed by atoms with E-state index in [0.717, 1.165) is 11.1 Å². The van der Waals surface area contributed by atoms with Gasteiger partial charge in [0.2, 0.25) is 0 Å². The highest BCUT2D eigenvalue weighted by Crippen LogP contribution is 2.24. The number of terminal acetylenes is 1. The van der Waals surface area contributed by atoms with Crippen LogP contribution in [0.15, 0.2) is 70.3 Å². The van der Waals surface area contributed by atoms with E-state index in [0.29, 0.717) is 10.0 Å². The number of aromatic nitrogens is 1. The molecule has 0 spiro atoms. The maximum atomic E-state index is 13.1. The van der Waals surface area contributed by atoms with Crippen molar-refractivity contribution in [1.29, 1.82) is 0 Å². The normalized spacial score (nSPS) is 11.6. The number of halogens is 2. The summed E-state index contributed by atoms with van der Waals surface area (Å²) in [5.41, 5.74) is 2.32.